The summed E-state index contributed by atoms with van der Waals surface area (Å²) in [6.45, 7) is 2.00. The Labute approximate surface area is 61.1 Å². The third kappa shape index (κ3) is 0.556. The summed E-state index contributed by atoms with van der Waals surface area (Å²) < 4.78 is 0. The second kappa shape index (κ2) is 1.71. The molecular weight excluding hydrogens is 124 g/mol. The van der Waals surface area contributed by atoms with E-state index < -0.39 is 0 Å². The van der Waals surface area contributed by atoms with Crippen molar-refractivity contribution in [1.29, 1.82) is 0 Å². The van der Waals surface area contributed by atoms with Crippen LogP contribution >= 0.6 is 0 Å². The maximum Gasteiger partial charge on any atom is 0.143 e. The predicted molar refractivity (Wildman–Crippen MR) is 39.6 cm³/mol. The SMILES string of the molecule is CC=CC12CC1CCC2=O. The summed E-state index contributed by atoms with van der Waals surface area (Å²) >= 11 is 0. The summed E-state index contributed by atoms with van der Waals surface area (Å²) in [5, 5.41) is 0. The first-order valence-corrected chi connectivity index (χ1v) is 3.97. The van der Waals surface area contributed by atoms with Gasteiger partial charge in [0.2, 0.25) is 0 Å². The number of allylic oxidation sites excluding steroid dienone is 2. The highest BCUT2D eigenvalue weighted by molar-refractivity contribution is 5.92. The van der Waals surface area contributed by atoms with Gasteiger partial charge in [-0.1, -0.05) is 12.2 Å². The van der Waals surface area contributed by atoms with Crippen molar-refractivity contribution in [2.75, 3.05) is 0 Å². The lowest BCUT2D eigenvalue weighted by Crippen LogP contribution is -2.07. The molecule has 0 aliphatic heterocycles. The highest BCUT2D eigenvalue weighted by Gasteiger charge is 2.60. The standard InChI is InChI=1S/C9H12O/c1-2-5-9-6-7(9)3-4-8(9)10/h2,5,7H,3-4,6H2,1H3. The van der Waals surface area contributed by atoms with Gasteiger partial charge in [-0.05, 0) is 25.7 Å². The van der Waals surface area contributed by atoms with E-state index in [0.717, 1.165) is 25.2 Å². The highest BCUT2D eigenvalue weighted by atomic mass is 16.1. The van der Waals surface area contributed by atoms with Crippen LogP contribution in [0.2, 0.25) is 0 Å². The van der Waals surface area contributed by atoms with E-state index in [1.54, 1.807) is 0 Å². The van der Waals surface area contributed by atoms with Gasteiger partial charge in [-0.15, -0.1) is 0 Å². The number of rotatable bonds is 1. The van der Waals surface area contributed by atoms with Crippen LogP contribution < -0.4 is 0 Å². The third-order valence-corrected chi connectivity index (χ3v) is 2.86. The number of Topliss-reactive ketones (excluding diaryl/α,β-unsaturated/α-hetero) is 1. The number of carbonyl (C=O) groups is 1. The summed E-state index contributed by atoms with van der Waals surface area (Å²) in [6.07, 6.45) is 7.23. The van der Waals surface area contributed by atoms with Crippen LogP contribution in [0.25, 0.3) is 0 Å². The number of hydrogen-bond donors (Lipinski definition) is 0. The molecule has 2 atom stereocenters. The lowest BCUT2D eigenvalue weighted by molar-refractivity contribution is -0.121. The second-order valence-electron chi connectivity index (χ2n) is 3.40. The molecule has 0 bridgehead atoms. The molecule has 2 aliphatic rings. The number of fused-ring (bicyclic) bond motifs is 1. The van der Waals surface area contributed by atoms with Crippen LogP contribution in [0.15, 0.2) is 12.2 Å². The quantitative estimate of drug-likeness (QED) is 0.503. The molecule has 0 aromatic heterocycles. The minimum absolute atomic E-state index is 0.0503. The fraction of sp³-hybridized carbons (Fsp3) is 0.667. The molecule has 0 aromatic rings. The van der Waals surface area contributed by atoms with E-state index in [9.17, 15) is 4.79 Å². The fourth-order valence-corrected chi connectivity index (χ4v) is 2.18. The van der Waals surface area contributed by atoms with E-state index in [2.05, 4.69) is 6.08 Å². The number of carbonyl (C=O) groups excluding carboxylic acids is 1. The van der Waals surface area contributed by atoms with E-state index in [-0.39, 0.29) is 5.41 Å². The van der Waals surface area contributed by atoms with Crippen LogP contribution in [0.5, 0.6) is 0 Å². The molecule has 2 rings (SSSR count). The van der Waals surface area contributed by atoms with Crippen molar-refractivity contribution in [3.8, 4) is 0 Å². The third-order valence-electron chi connectivity index (χ3n) is 2.86. The largest absolute Gasteiger partial charge is 0.299 e. The van der Waals surface area contributed by atoms with Crippen LogP contribution in [0, 0.1) is 11.3 Å². The average Bonchev–Trinajstić information content (AvgIpc) is 2.53. The molecule has 1 heteroatoms. The molecule has 0 aromatic carbocycles. The van der Waals surface area contributed by atoms with Gasteiger partial charge in [0, 0.05) is 6.42 Å². The van der Waals surface area contributed by atoms with Gasteiger partial charge in [-0.2, -0.15) is 0 Å². The monoisotopic (exact) mass is 136 g/mol. The van der Waals surface area contributed by atoms with E-state index in [1.807, 2.05) is 13.0 Å². The van der Waals surface area contributed by atoms with E-state index >= 15 is 0 Å². The van der Waals surface area contributed by atoms with Crippen molar-refractivity contribution in [2.24, 2.45) is 11.3 Å². The molecule has 0 N–H and O–H groups in total. The van der Waals surface area contributed by atoms with E-state index in [0.29, 0.717) is 5.78 Å². The van der Waals surface area contributed by atoms with Gasteiger partial charge in [-0.25, -0.2) is 0 Å². The van der Waals surface area contributed by atoms with Crippen molar-refractivity contribution in [3.63, 3.8) is 0 Å². The molecule has 0 radical (unpaired) electrons. The van der Waals surface area contributed by atoms with Crippen LogP contribution in [0.1, 0.15) is 26.2 Å². The molecule has 0 saturated heterocycles. The zero-order valence-electron chi connectivity index (χ0n) is 6.26. The number of ketones is 1. The summed E-state index contributed by atoms with van der Waals surface area (Å²) in [4.78, 5) is 11.3. The lowest BCUT2D eigenvalue weighted by atomic mass is 10.0. The van der Waals surface area contributed by atoms with Gasteiger partial charge in [0.05, 0.1) is 5.41 Å². The van der Waals surface area contributed by atoms with Crippen LogP contribution in [0.3, 0.4) is 0 Å². The molecule has 2 unspecified atom stereocenters. The Morgan fingerprint density at radius 3 is 2.90 bits per heavy atom. The van der Waals surface area contributed by atoms with Gasteiger partial charge in [0.25, 0.3) is 0 Å². The Kier molecular flexibility index (Phi) is 1.05. The van der Waals surface area contributed by atoms with Gasteiger partial charge >= 0.3 is 0 Å². The number of hydrogen-bond acceptors (Lipinski definition) is 1. The maximum absolute atomic E-state index is 11.3. The molecule has 10 heavy (non-hydrogen) atoms. The van der Waals surface area contributed by atoms with Crippen LogP contribution in [-0.2, 0) is 4.79 Å². The smallest absolute Gasteiger partial charge is 0.143 e. The minimum Gasteiger partial charge on any atom is -0.299 e. The maximum atomic E-state index is 11.3. The van der Waals surface area contributed by atoms with E-state index in [1.165, 1.54) is 0 Å². The zero-order valence-corrected chi connectivity index (χ0v) is 6.26. The first-order valence-electron chi connectivity index (χ1n) is 3.97. The second-order valence-corrected chi connectivity index (χ2v) is 3.40. The molecular formula is C9H12O. The van der Waals surface area contributed by atoms with Crippen molar-refractivity contribution in [3.05, 3.63) is 12.2 Å². The molecule has 54 valence electrons. The average molecular weight is 136 g/mol. The molecule has 0 spiro atoms. The predicted octanol–water partition coefficient (Wildman–Crippen LogP) is 1.93. The van der Waals surface area contributed by atoms with Crippen molar-refractivity contribution in [2.45, 2.75) is 26.2 Å². The van der Waals surface area contributed by atoms with Crippen molar-refractivity contribution in [1.82, 2.24) is 0 Å². The van der Waals surface area contributed by atoms with Gasteiger partial charge in [0.1, 0.15) is 5.78 Å². The Morgan fingerprint density at radius 2 is 2.50 bits per heavy atom. The lowest BCUT2D eigenvalue weighted by Gasteiger charge is -2.00. The highest BCUT2D eigenvalue weighted by Crippen LogP contribution is 2.62. The van der Waals surface area contributed by atoms with Crippen LogP contribution in [-0.4, -0.2) is 5.78 Å². The molecule has 0 heterocycles. The fourth-order valence-electron chi connectivity index (χ4n) is 2.18. The molecule has 2 fully saturated rings. The Balaban J connectivity index is 2.25. The van der Waals surface area contributed by atoms with Crippen molar-refractivity contribution < 1.29 is 4.79 Å². The topological polar surface area (TPSA) is 17.1 Å². The minimum atomic E-state index is 0.0503. The van der Waals surface area contributed by atoms with Gasteiger partial charge < -0.3 is 0 Å². The normalized spacial score (nSPS) is 44.5. The molecule has 0 amide bonds. The zero-order chi connectivity index (χ0) is 7.19. The first-order chi connectivity index (χ1) is 4.79. The Hall–Kier alpha value is -0.590. The van der Waals surface area contributed by atoms with Gasteiger partial charge in [0.15, 0.2) is 0 Å². The Morgan fingerprint density at radius 1 is 1.70 bits per heavy atom. The molecule has 1 nitrogen and oxygen atoms in total. The summed E-state index contributed by atoms with van der Waals surface area (Å²) in [6, 6.07) is 0. The summed E-state index contributed by atoms with van der Waals surface area (Å²) in [7, 11) is 0. The Bertz CT molecular complexity index is 205. The van der Waals surface area contributed by atoms with Crippen LogP contribution in [0.4, 0.5) is 0 Å². The van der Waals surface area contributed by atoms with Gasteiger partial charge in [-0.3, -0.25) is 4.79 Å². The molecule has 2 saturated carbocycles. The van der Waals surface area contributed by atoms with E-state index in [4.69, 9.17) is 0 Å². The molecule has 2 aliphatic carbocycles. The van der Waals surface area contributed by atoms with Crippen molar-refractivity contribution >= 4 is 5.78 Å². The summed E-state index contributed by atoms with van der Waals surface area (Å²) in [5.74, 6) is 1.20. The first kappa shape index (κ1) is 6.14. The summed E-state index contributed by atoms with van der Waals surface area (Å²) in [5.41, 5.74) is 0.0503.